The van der Waals surface area contributed by atoms with Crippen molar-refractivity contribution in [3.8, 4) is 0 Å². The van der Waals surface area contributed by atoms with Gasteiger partial charge in [-0.1, -0.05) is 12.1 Å². The van der Waals surface area contributed by atoms with E-state index in [1.165, 1.54) is 6.07 Å². The highest BCUT2D eigenvalue weighted by Crippen LogP contribution is 2.29. The second-order valence-corrected chi connectivity index (χ2v) is 4.74. The molecule has 0 radical (unpaired) electrons. The number of benzene rings is 1. The molecule has 19 heavy (non-hydrogen) atoms. The SMILES string of the molecule is FC(F)(F)c1cccc(CNc2ncccc2Br)c1. The van der Waals surface area contributed by atoms with Gasteiger partial charge in [-0.15, -0.1) is 0 Å². The van der Waals surface area contributed by atoms with Gasteiger partial charge in [0.05, 0.1) is 10.0 Å². The number of hydrogen-bond acceptors (Lipinski definition) is 2. The van der Waals surface area contributed by atoms with E-state index in [0.29, 0.717) is 11.4 Å². The van der Waals surface area contributed by atoms with Crippen LogP contribution >= 0.6 is 15.9 Å². The van der Waals surface area contributed by atoms with Crippen molar-refractivity contribution in [3.63, 3.8) is 0 Å². The van der Waals surface area contributed by atoms with Crippen LogP contribution in [0.15, 0.2) is 47.1 Å². The number of halogens is 4. The first-order chi connectivity index (χ1) is 8.97. The average molecular weight is 331 g/mol. The molecule has 0 aliphatic carbocycles. The summed E-state index contributed by atoms with van der Waals surface area (Å²) in [4.78, 5) is 4.08. The largest absolute Gasteiger partial charge is 0.416 e. The number of rotatable bonds is 3. The Bertz CT molecular complexity index is 570. The first-order valence-electron chi connectivity index (χ1n) is 5.47. The Balaban J connectivity index is 2.10. The molecule has 0 aliphatic rings. The monoisotopic (exact) mass is 330 g/mol. The van der Waals surface area contributed by atoms with Crippen LogP contribution in [0, 0.1) is 0 Å². The molecule has 1 heterocycles. The molecule has 0 spiro atoms. The van der Waals surface area contributed by atoms with Gasteiger partial charge in [0.2, 0.25) is 0 Å². The van der Waals surface area contributed by atoms with Crippen molar-refractivity contribution in [2.75, 3.05) is 5.32 Å². The van der Waals surface area contributed by atoms with Crippen LogP contribution < -0.4 is 5.32 Å². The Morgan fingerprint density at radius 1 is 1.16 bits per heavy atom. The predicted molar refractivity (Wildman–Crippen MR) is 70.7 cm³/mol. The van der Waals surface area contributed by atoms with E-state index in [1.54, 1.807) is 18.3 Å². The minimum absolute atomic E-state index is 0.277. The van der Waals surface area contributed by atoms with Gasteiger partial charge in [-0.2, -0.15) is 13.2 Å². The summed E-state index contributed by atoms with van der Waals surface area (Å²) >= 11 is 3.31. The molecular formula is C13H10BrF3N2. The van der Waals surface area contributed by atoms with Crippen LogP contribution in [0.3, 0.4) is 0 Å². The molecule has 0 bridgehead atoms. The highest BCUT2D eigenvalue weighted by atomic mass is 79.9. The lowest BCUT2D eigenvalue weighted by molar-refractivity contribution is -0.137. The molecule has 2 nitrogen and oxygen atoms in total. The maximum atomic E-state index is 12.6. The highest BCUT2D eigenvalue weighted by Gasteiger charge is 2.30. The molecule has 0 amide bonds. The van der Waals surface area contributed by atoms with Gasteiger partial charge in [0, 0.05) is 12.7 Å². The van der Waals surface area contributed by atoms with Gasteiger partial charge in [0.25, 0.3) is 0 Å². The third-order valence-corrected chi connectivity index (χ3v) is 3.11. The number of nitrogens with zero attached hydrogens (tertiary/aromatic N) is 1. The molecule has 0 saturated heterocycles. The average Bonchev–Trinajstić information content (AvgIpc) is 2.37. The van der Waals surface area contributed by atoms with Gasteiger partial charge in [-0.25, -0.2) is 4.98 Å². The third kappa shape index (κ3) is 3.70. The van der Waals surface area contributed by atoms with Crippen molar-refractivity contribution >= 4 is 21.7 Å². The van der Waals surface area contributed by atoms with Crippen molar-refractivity contribution in [2.45, 2.75) is 12.7 Å². The van der Waals surface area contributed by atoms with Crippen LogP contribution in [0.4, 0.5) is 19.0 Å². The maximum absolute atomic E-state index is 12.6. The lowest BCUT2D eigenvalue weighted by Gasteiger charge is -2.10. The summed E-state index contributed by atoms with van der Waals surface area (Å²) in [5, 5.41) is 2.98. The van der Waals surface area contributed by atoms with Gasteiger partial charge in [-0.3, -0.25) is 0 Å². The van der Waals surface area contributed by atoms with Crippen LogP contribution in [0.2, 0.25) is 0 Å². The number of nitrogens with one attached hydrogen (secondary N) is 1. The quantitative estimate of drug-likeness (QED) is 0.897. The van der Waals surface area contributed by atoms with Crippen molar-refractivity contribution in [3.05, 3.63) is 58.2 Å². The van der Waals surface area contributed by atoms with E-state index < -0.39 is 11.7 Å². The fraction of sp³-hybridized carbons (Fsp3) is 0.154. The molecule has 0 saturated carbocycles. The van der Waals surface area contributed by atoms with Crippen LogP contribution in [0.1, 0.15) is 11.1 Å². The van der Waals surface area contributed by atoms with Gasteiger partial charge in [-0.05, 0) is 45.8 Å². The first-order valence-corrected chi connectivity index (χ1v) is 6.26. The molecule has 100 valence electrons. The van der Waals surface area contributed by atoms with Crippen molar-refractivity contribution < 1.29 is 13.2 Å². The molecule has 0 atom stereocenters. The van der Waals surface area contributed by atoms with E-state index >= 15 is 0 Å². The molecule has 1 aromatic carbocycles. The zero-order valence-electron chi connectivity index (χ0n) is 9.71. The Labute approximate surface area is 116 Å². The summed E-state index contributed by atoms with van der Waals surface area (Å²) in [6, 6.07) is 8.79. The smallest absolute Gasteiger partial charge is 0.365 e. The van der Waals surface area contributed by atoms with Crippen LogP contribution in [-0.4, -0.2) is 4.98 Å². The first kappa shape index (κ1) is 13.9. The summed E-state index contributed by atoms with van der Waals surface area (Å²) in [6.07, 6.45) is -2.71. The zero-order valence-corrected chi connectivity index (χ0v) is 11.3. The second kappa shape index (κ2) is 5.61. The molecule has 0 fully saturated rings. The van der Waals surface area contributed by atoms with Gasteiger partial charge < -0.3 is 5.32 Å². The fourth-order valence-electron chi connectivity index (χ4n) is 1.56. The van der Waals surface area contributed by atoms with E-state index in [1.807, 2.05) is 6.07 Å². The summed E-state index contributed by atoms with van der Waals surface area (Å²) in [5.41, 5.74) is -0.0979. The number of alkyl halides is 3. The number of pyridine rings is 1. The minimum Gasteiger partial charge on any atom is -0.365 e. The zero-order chi connectivity index (χ0) is 13.9. The molecule has 1 N–H and O–H groups in total. The van der Waals surface area contributed by atoms with Gasteiger partial charge in [0.1, 0.15) is 5.82 Å². The van der Waals surface area contributed by atoms with Crippen molar-refractivity contribution in [1.29, 1.82) is 0 Å². The van der Waals surface area contributed by atoms with Crippen LogP contribution in [0.5, 0.6) is 0 Å². The standard InChI is InChI=1S/C13H10BrF3N2/c14-11-5-2-6-18-12(11)19-8-9-3-1-4-10(7-9)13(15,16)17/h1-7H,8H2,(H,18,19). The Kier molecular flexibility index (Phi) is 4.09. The van der Waals surface area contributed by atoms with Crippen LogP contribution in [0.25, 0.3) is 0 Å². The Morgan fingerprint density at radius 3 is 2.63 bits per heavy atom. The lowest BCUT2D eigenvalue weighted by atomic mass is 10.1. The number of aromatic nitrogens is 1. The van der Waals surface area contributed by atoms with E-state index in [-0.39, 0.29) is 6.54 Å². The summed E-state index contributed by atoms with van der Waals surface area (Å²) < 4.78 is 38.4. The van der Waals surface area contributed by atoms with Crippen molar-refractivity contribution in [1.82, 2.24) is 4.98 Å². The minimum atomic E-state index is -4.32. The predicted octanol–water partition coefficient (Wildman–Crippen LogP) is 4.48. The van der Waals surface area contributed by atoms with E-state index in [2.05, 4.69) is 26.2 Å². The number of anilines is 1. The molecule has 2 rings (SSSR count). The van der Waals surface area contributed by atoms with Crippen molar-refractivity contribution in [2.24, 2.45) is 0 Å². The molecular weight excluding hydrogens is 321 g/mol. The number of hydrogen-bond donors (Lipinski definition) is 1. The molecule has 0 unspecified atom stereocenters. The molecule has 0 aliphatic heterocycles. The molecule has 6 heteroatoms. The van der Waals surface area contributed by atoms with E-state index in [4.69, 9.17) is 0 Å². The fourth-order valence-corrected chi connectivity index (χ4v) is 1.95. The normalized spacial score (nSPS) is 11.4. The second-order valence-electron chi connectivity index (χ2n) is 3.89. The maximum Gasteiger partial charge on any atom is 0.416 e. The third-order valence-electron chi connectivity index (χ3n) is 2.47. The summed E-state index contributed by atoms with van der Waals surface area (Å²) in [7, 11) is 0. The van der Waals surface area contributed by atoms with Gasteiger partial charge >= 0.3 is 6.18 Å². The summed E-state index contributed by atoms with van der Waals surface area (Å²) in [5.74, 6) is 0.597. The molecule has 2 aromatic rings. The summed E-state index contributed by atoms with van der Waals surface area (Å²) in [6.45, 7) is 0.277. The van der Waals surface area contributed by atoms with Crippen LogP contribution in [-0.2, 0) is 12.7 Å². The topological polar surface area (TPSA) is 24.9 Å². The lowest BCUT2D eigenvalue weighted by Crippen LogP contribution is -2.07. The van der Waals surface area contributed by atoms with E-state index in [9.17, 15) is 13.2 Å². The van der Waals surface area contributed by atoms with E-state index in [0.717, 1.165) is 16.6 Å². The molecule has 1 aromatic heterocycles. The Hall–Kier alpha value is -1.56. The highest BCUT2D eigenvalue weighted by molar-refractivity contribution is 9.10. The van der Waals surface area contributed by atoms with Gasteiger partial charge in [0.15, 0.2) is 0 Å². The Morgan fingerprint density at radius 2 is 1.95 bits per heavy atom.